The topological polar surface area (TPSA) is 121 Å². The van der Waals surface area contributed by atoms with Crippen LogP contribution in [0, 0.1) is 17.8 Å². The van der Waals surface area contributed by atoms with Crippen molar-refractivity contribution in [3.05, 3.63) is 70.3 Å². The first-order valence-electron chi connectivity index (χ1n) is 20.1. The van der Waals surface area contributed by atoms with E-state index in [1.165, 1.54) is 50.4 Å². The van der Waals surface area contributed by atoms with Crippen LogP contribution in [-0.4, -0.2) is 120 Å². The third kappa shape index (κ3) is 8.23. The largest absolute Gasteiger partial charge is 0.490 e. The Morgan fingerprint density at radius 3 is 2.53 bits per heavy atom. The van der Waals surface area contributed by atoms with Crippen molar-refractivity contribution in [3.63, 3.8) is 0 Å². The van der Waals surface area contributed by atoms with Crippen molar-refractivity contribution in [1.82, 2.24) is 19.8 Å². The van der Waals surface area contributed by atoms with Crippen molar-refractivity contribution in [2.45, 2.75) is 74.7 Å². The minimum atomic E-state index is -3.97. The first kappa shape index (κ1) is 40.2. The van der Waals surface area contributed by atoms with Gasteiger partial charge < -0.3 is 24.6 Å². The summed E-state index contributed by atoms with van der Waals surface area (Å²) in [5, 5.41) is 3.25. The molecule has 13 heteroatoms. The number of amides is 1. The average molecular weight is 796 g/mol. The first-order valence-corrected chi connectivity index (χ1v) is 22.0. The summed E-state index contributed by atoms with van der Waals surface area (Å²) in [6, 6.07) is 12.1. The third-order valence-electron chi connectivity index (χ3n) is 13.4. The maximum atomic E-state index is 13.4. The van der Waals surface area contributed by atoms with Crippen LogP contribution in [0.15, 0.2) is 48.6 Å². The highest BCUT2D eigenvalue weighted by Gasteiger charge is 2.49. The number of aryl methyl sites for hydroxylation is 1. The van der Waals surface area contributed by atoms with E-state index in [0.717, 1.165) is 50.1 Å². The molecule has 3 fully saturated rings. The Bertz CT molecular complexity index is 1870. The number of nitrogens with zero attached hydrogens (tertiary/aromatic N) is 3. The molecule has 300 valence electrons. The molecule has 11 nitrogen and oxygen atoms in total. The maximum Gasteiger partial charge on any atom is 0.264 e. The van der Waals surface area contributed by atoms with Gasteiger partial charge in [0.05, 0.1) is 17.5 Å². The summed E-state index contributed by atoms with van der Waals surface area (Å²) in [4.78, 5) is 33.4. The van der Waals surface area contributed by atoms with Crippen LogP contribution >= 0.6 is 11.6 Å². The number of hydrogen-bond donors (Lipinski definition) is 2. The number of carbonyl (C=O) groups excluding carboxylic acids is 2. The highest BCUT2D eigenvalue weighted by molar-refractivity contribution is 7.90. The van der Waals surface area contributed by atoms with E-state index in [-0.39, 0.29) is 28.7 Å². The molecule has 2 aromatic rings. The van der Waals surface area contributed by atoms with E-state index in [1.54, 1.807) is 32.2 Å². The van der Waals surface area contributed by atoms with Crippen molar-refractivity contribution in [1.29, 1.82) is 0 Å². The molecule has 2 N–H and O–H groups in total. The second-order valence-electron chi connectivity index (χ2n) is 16.9. The monoisotopic (exact) mass is 795 g/mol. The zero-order valence-electron chi connectivity index (χ0n) is 32.8. The molecule has 0 unspecified atom stereocenters. The summed E-state index contributed by atoms with van der Waals surface area (Å²) in [7, 11) is -0.213. The van der Waals surface area contributed by atoms with Crippen molar-refractivity contribution < 1.29 is 27.5 Å². The zero-order chi connectivity index (χ0) is 39.0. The predicted octanol–water partition coefficient (Wildman–Crippen LogP) is 4.67. The number of hydrogen-bond acceptors (Lipinski definition) is 10. The number of allylic oxidation sites excluding steroid dienone is 1. The molecule has 0 radical (unpaired) electrons. The number of likely N-dealkylation sites (tertiary alicyclic amines) is 1. The summed E-state index contributed by atoms with van der Waals surface area (Å²) in [5.41, 5.74) is 2.05. The lowest BCUT2D eigenvalue weighted by atomic mass is 9.64. The fourth-order valence-electron chi connectivity index (χ4n) is 9.63. The molecule has 8 rings (SSSR count). The minimum Gasteiger partial charge on any atom is -0.490 e. The maximum absolute atomic E-state index is 13.4. The van der Waals surface area contributed by atoms with Gasteiger partial charge in [0, 0.05) is 87.4 Å². The van der Waals surface area contributed by atoms with Crippen LogP contribution in [-0.2, 0) is 31.4 Å². The van der Waals surface area contributed by atoms with Crippen LogP contribution in [0.25, 0.3) is 0 Å². The van der Waals surface area contributed by atoms with E-state index < -0.39 is 26.8 Å². The molecular formula is C42H58ClN5O6S. The van der Waals surface area contributed by atoms with Gasteiger partial charge in [0.25, 0.3) is 5.91 Å². The number of sulfonamides is 1. The lowest BCUT2D eigenvalue weighted by molar-refractivity contribution is -0.135. The Hall–Kier alpha value is -3.00. The molecule has 2 aliphatic carbocycles. The number of ether oxygens (including phenoxy) is 2. The Kier molecular flexibility index (Phi) is 12.0. The molecule has 4 heterocycles. The molecule has 6 aliphatic rings. The van der Waals surface area contributed by atoms with Gasteiger partial charge in [0.2, 0.25) is 10.0 Å². The molecule has 4 aliphatic heterocycles. The molecule has 55 heavy (non-hydrogen) atoms. The molecule has 2 aromatic carbocycles. The Morgan fingerprint density at radius 1 is 1.05 bits per heavy atom. The van der Waals surface area contributed by atoms with Gasteiger partial charge in [-0.1, -0.05) is 30.7 Å². The number of benzene rings is 2. The van der Waals surface area contributed by atoms with Crippen LogP contribution < -0.4 is 19.7 Å². The van der Waals surface area contributed by atoms with E-state index >= 15 is 0 Å². The molecular weight excluding hydrogens is 738 g/mol. The molecule has 2 saturated heterocycles. The number of anilines is 1. The fraction of sp³-hybridized carbons (Fsp3) is 0.619. The summed E-state index contributed by atoms with van der Waals surface area (Å²) < 4.78 is 41.3. The summed E-state index contributed by atoms with van der Waals surface area (Å²) in [5.74, 6) is -0.203. The lowest BCUT2D eigenvalue weighted by Gasteiger charge is -2.48. The highest BCUT2D eigenvalue weighted by atomic mass is 35.5. The van der Waals surface area contributed by atoms with E-state index in [9.17, 15) is 18.0 Å². The second-order valence-corrected chi connectivity index (χ2v) is 19.3. The smallest absolute Gasteiger partial charge is 0.264 e. The molecule has 1 saturated carbocycles. The van der Waals surface area contributed by atoms with Crippen molar-refractivity contribution in [3.8, 4) is 5.75 Å². The van der Waals surface area contributed by atoms with E-state index in [0.29, 0.717) is 36.9 Å². The zero-order valence-corrected chi connectivity index (χ0v) is 34.3. The number of likely N-dealkylation sites (N-methyl/N-ethyl adjacent to an activating group) is 1. The lowest BCUT2D eigenvalue weighted by Crippen LogP contribution is -2.61. The van der Waals surface area contributed by atoms with Gasteiger partial charge in [-0.3, -0.25) is 14.5 Å². The molecule has 0 aromatic heterocycles. The minimum absolute atomic E-state index is 0.0434. The second kappa shape index (κ2) is 16.5. The Balaban J connectivity index is 0.000000360. The first-order chi connectivity index (χ1) is 26.4. The van der Waals surface area contributed by atoms with Gasteiger partial charge in [-0.05, 0) is 112 Å². The summed E-state index contributed by atoms with van der Waals surface area (Å²) in [6.45, 7) is 12.6. The number of methoxy groups -OCH3 is 1. The number of halogens is 1. The van der Waals surface area contributed by atoms with Gasteiger partial charge in [0.1, 0.15) is 11.4 Å². The van der Waals surface area contributed by atoms with Crippen LogP contribution in [0.4, 0.5) is 5.69 Å². The quantitative estimate of drug-likeness (QED) is 0.335. The number of rotatable bonds is 3. The predicted molar refractivity (Wildman–Crippen MR) is 217 cm³/mol. The van der Waals surface area contributed by atoms with Crippen molar-refractivity contribution >= 4 is 39.5 Å². The van der Waals surface area contributed by atoms with E-state index in [2.05, 4.69) is 43.9 Å². The number of piperazine rings is 1. The van der Waals surface area contributed by atoms with Gasteiger partial charge in [0.15, 0.2) is 6.29 Å². The number of carbonyl (C=O) groups is 2. The standard InChI is InChI=1S/C34H41ClN2O6S.C8H17N3/c1-22-6-4-15-34(20-38,42-3)29-11-8-26(29)18-37-19-33(14-5-7-24-16-27(35)10-12-28(24)33)21-43-31-13-9-25(17-30(31)37)32(39)36-44(40,41)23(22)2;1-10-6-8(7-10)11-4-2-9-3-5-11/h4,9-10,12-13,15-17,20,22-23,26,29H,5-8,11,14,18-19,21H2,1-3H3,(H,36,39);8-9H,2-7H2,1H3/b15-4+;/t22-,23+,26-,29+,33-,34+;/m0./s1. The number of aldehydes is 1. The molecule has 2 bridgehead atoms. The molecule has 6 atom stereocenters. The molecule has 1 spiro atoms. The van der Waals surface area contributed by atoms with E-state index in [4.69, 9.17) is 21.1 Å². The average Bonchev–Trinajstić information content (AvgIpc) is 3.31. The van der Waals surface area contributed by atoms with Crippen LogP contribution in [0.1, 0.15) is 67.4 Å². The van der Waals surface area contributed by atoms with Crippen LogP contribution in [0.5, 0.6) is 5.75 Å². The molecule has 1 amide bonds. The Morgan fingerprint density at radius 2 is 1.84 bits per heavy atom. The van der Waals surface area contributed by atoms with E-state index in [1.807, 2.05) is 25.1 Å². The van der Waals surface area contributed by atoms with Crippen molar-refractivity contribution in [2.75, 3.05) is 78.0 Å². The van der Waals surface area contributed by atoms with Gasteiger partial charge in [-0.25, -0.2) is 13.1 Å². The summed E-state index contributed by atoms with van der Waals surface area (Å²) >= 11 is 6.40. The Labute approximate surface area is 332 Å². The highest BCUT2D eigenvalue weighted by Crippen LogP contribution is 2.48. The van der Waals surface area contributed by atoms with Gasteiger partial charge in [-0.15, -0.1) is 0 Å². The normalized spacial score (nSPS) is 33.2. The van der Waals surface area contributed by atoms with Crippen LogP contribution in [0.3, 0.4) is 0 Å². The third-order valence-corrected chi connectivity index (χ3v) is 15.6. The summed E-state index contributed by atoms with van der Waals surface area (Å²) in [6.07, 6.45) is 9.65. The van der Waals surface area contributed by atoms with Crippen molar-refractivity contribution in [2.24, 2.45) is 17.8 Å². The van der Waals surface area contributed by atoms with Crippen LogP contribution in [0.2, 0.25) is 5.02 Å². The fourth-order valence-corrected chi connectivity index (χ4v) is 11.1. The SMILES string of the molecule is CN1CC(N2CCNCC2)C1.CO[C@@]1(C=O)/C=C/C[C@H](C)[C@@H](C)S(=O)(=O)NC(=O)c2ccc3c(c2)N(C[C@@H]2CC[C@H]21)C[C@@]1(CCCc2cc(Cl)ccc21)CO3. The number of fused-ring (bicyclic) bond motifs is 4. The van der Waals surface area contributed by atoms with Gasteiger partial charge >= 0.3 is 0 Å². The van der Waals surface area contributed by atoms with Gasteiger partial charge in [-0.2, -0.15) is 0 Å². The number of nitrogens with one attached hydrogen (secondary N) is 2.